The quantitative estimate of drug-likeness (QED) is 0.825. The number of carbonyl (C=O) groups is 1. The molecule has 0 spiro atoms. The molecule has 0 saturated carbocycles. The number of aryl methyl sites for hydroxylation is 1. The Hall–Kier alpha value is -1.68. The molecule has 0 bridgehead atoms. The highest BCUT2D eigenvalue weighted by Crippen LogP contribution is 2.19. The van der Waals surface area contributed by atoms with Crippen LogP contribution in [0.4, 0.5) is 0 Å². The van der Waals surface area contributed by atoms with E-state index in [0.29, 0.717) is 23.5 Å². The van der Waals surface area contributed by atoms with Crippen LogP contribution in [0.1, 0.15) is 36.5 Å². The molecule has 0 amide bonds. The van der Waals surface area contributed by atoms with E-state index in [1.165, 1.54) is 0 Å². The van der Waals surface area contributed by atoms with Crippen molar-refractivity contribution < 1.29 is 9.21 Å². The second-order valence-electron chi connectivity index (χ2n) is 5.00. The van der Waals surface area contributed by atoms with E-state index >= 15 is 0 Å². The molecular weight excluding hydrogens is 216 g/mol. The van der Waals surface area contributed by atoms with Crippen LogP contribution in [0, 0.1) is 6.92 Å². The Morgan fingerprint density at radius 1 is 1.47 bits per heavy atom. The van der Waals surface area contributed by atoms with Crippen molar-refractivity contribution in [2.75, 3.05) is 0 Å². The molecule has 0 aliphatic rings. The second kappa shape index (κ2) is 3.96. The zero-order valence-corrected chi connectivity index (χ0v) is 10.3. The number of hydrogen-bond acceptors (Lipinski definition) is 4. The molecule has 90 valence electrons. The fourth-order valence-electron chi connectivity index (χ4n) is 1.73. The van der Waals surface area contributed by atoms with E-state index in [2.05, 4.69) is 4.98 Å². The third kappa shape index (κ3) is 2.71. The molecule has 2 rings (SSSR count). The number of nitrogens with zero attached hydrogens (tertiary/aromatic N) is 1. The van der Waals surface area contributed by atoms with Crippen LogP contribution in [0.5, 0.6) is 0 Å². The average Bonchev–Trinajstić information content (AvgIpc) is 2.53. The maximum absolute atomic E-state index is 12.0. The van der Waals surface area contributed by atoms with Crippen molar-refractivity contribution in [1.82, 2.24) is 4.98 Å². The van der Waals surface area contributed by atoms with Crippen LogP contribution in [-0.2, 0) is 0 Å². The zero-order chi connectivity index (χ0) is 12.6. The number of rotatable bonds is 3. The van der Waals surface area contributed by atoms with Crippen LogP contribution >= 0.6 is 0 Å². The van der Waals surface area contributed by atoms with Gasteiger partial charge in [0.1, 0.15) is 5.52 Å². The Labute approximate surface area is 99.8 Å². The number of nitrogens with two attached hydrogens (primary N) is 1. The number of oxazole rings is 1. The van der Waals surface area contributed by atoms with E-state index < -0.39 is 5.54 Å². The van der Waals surface area contributed by atoms with E-state index in [0.717, 1.165) is 5.52 Å². The highest BCUT2D eigenvalue weighted by Gasteiger charge is 2.18. The number of ketones is 1. The molecule has 0 radical (unpaired) electrons. The highest BCUT2D eigenvalue weighted by molar-refractivity contribution is 5.99. The van der Waals surface area contributed by atoms with Gasteiger partial charge in [-0.05, 0) is 32.0 Å². The number of benzene rings is 1. The second-order valence-corrected chi connectivity index (χ2v) is 5.00. The van der Waals surface area contributed by atoms with Gasteiger partial charge in [0.2, 0.25) is 0 Å². The Morgan fingerprint density at radius 3 is 2.82 bits per heavy atom. The van der Waals surface area contributed by atoms with Gasteiger partial charge < -0.3 is 10.2 Å². The van der Waals surface area contributed by atoms with Crippen LogP contribution in [-0.4, -0.2) is 16.3 Å². The van der Waals surface area contributed by atoms with Gasteiger partial charge in [-0.1, -0.05) is 0 Å². The van der Waals surface area contributed by atoms with Crippen LogP contribution in [0.15, 0.2) is 22.6 Å². The summed E-state index contributed by atoms with van der Waals surface area (Å²) in [5.74, 6) is 0.622. The van der Waals surface area contributed by atoms with Crippen molar-refractivity contribution in [2.24, 2.45) is 5.73 Å². The predicted molar refractivity (Wildman–Crippen MR) is 66.0 cm³/mol. The SMILES string of the molecule is Cc1nc2ccc(C(=O)CC(C)(C)N)cc2o1. The molecule has 0 aliphatic heterocycles. The van der Waals surface area contributed by atoms with Crippen LogP contribution < -0.4 is 5.73 Å². The maximum Gasteiger partial charge on any atom is 0.192 e. The van der Waals surface area contributed by atoms with Crippen molar-refractivity contribution in [3.05, 3.63) is 29.7 Å². The summed E-state index contributed by atoms with van der Waals surface area (Å²) in [7, 11) is 0. The van der Waals surface area contributed by atoms with E-state index in [-0.39, 0.29) is 5.78 Å². The van der Waals surface area contributed by atoms with E-state index in [1.54, 1.807) is 25.1 Å². The Morgan fingerprint density at radius 2 is 2.18 bits per heavy atom. The molecule has 0 aliphatic carbocycles. The molecule has 4 heteroatoms. The largest absolute Gasteiger partial charge is 0.441 e. The van der Waals surface area contributed by atoms with Gasteiger partial charge >= 0.3 is 0 Å². The normalized spacial score (nSPS) is 12.0. The minimum absolute atomic E-state index is 0.0217. The van der Waals surface area contributed by atoms with Gasteiger partial charge in [0.05, 0.1) is 0 Å². The summed E-state index contributed by atoms with van der Waals surface area (Å²) >= 11 is 0. The first-order valence-corrected chi connectivity index (χ1v) is 5.54. The van der Waals surface area contributed by atoms with Gasteiger partial charge in [-0.15, -0.1) is 0 Å². The third-order valence-electron chi connectivity index (χ3n) is 2.43. The van der Waals surface area contributed by atoms with Crippen molar-refractivity contribution in [3.8, 4) is 0 Å². The summed E-state index contributed by atoms with van der Waals surface area (Å²) in [6.07, 6.45) is 0.311. The first kappa shape index (κ1) is 11.8. The predicted octanol–water partition coefficient (Wildman–Crippen LogP) is 2.45. The summed E-state index contributed by atoms with van der Waals surface area (Å²) in [5, 5.41) is 0. The van der Waals surface area contributed by atoms with Crippen molar-refractivity contribution in [3.63, 3.8) is 0 Å². The number of fused-ring (bicyclic) bond motifs is 1. The topological polar surface area (TPSA) is 69.1 Å². The Balaban J connectivity index is 2.33. The summed E-state index contributed by atoms with van der Waals surface area (Å²) < 4.78 is 5.39. The van der Waals surface area contributed by atoms with Crippen LogP contribution in [0.2, 0.25) is 0 Å². The van der Waals surface area contributed by atoms with Gasteiger partial charge in [-0.3, -0.25) is 4.79 Å². The maximum atomic E-state index is 12.0. The van der Waals surface area contributed by atoms with E-state index in [1.807, 2.05) is 13.8 Å². The van der Waals surface area contributed by atoms with Crippen LogP contribution in [0.3, 0.4) is 0 Å². The van der Waals surface area contributed by atoms with E-state index in [9.17, 15) is 4.79 Å². The lowest BCUT2D eigenvalue weighted by Crippen LogP contribution is -2.34. The van der Waals surface area contributed by atoms with Crippen molar-refractivity contribution in [1.29, 1.82) is 0 Å². The van der Waals surface area contributed by atoms with Gasteiger partial charge in [-0.2, -0.15) is 0 Å². The minimum atomic E-state index is -0.497. The average molecular weight is 232 g/mol. The van der Waals surface area contributed by atoms with Gasteiger partial charge in [0.15, 0.2) is 17.3 Å². The Kier molecular flexibility index (Phi) is 2.75. The summed E-state index contributed by atoms with van der Waals surface area (Å²) in [4.78, 5) is 16.2. The molecule has 0 atom stereocenters. The molecular formula is C13H16N2O2. The lowest BCUT2D eigenvalue weighted by Gasteiger charge is -2.16. The molecule has 2 N–H and O–H groups in total. The fourth-order valence-corrected chi connectivity index (χ4v) is 1.73. The number of Topliss-reactive ketones (excluding diaryl/α,β-unsaturated/α-hetero) is 1. The van der Waals surface area contributed by atoms with Crippen LogP contribution in [0.25, 0.3) is 11.1 Å². The molecule has 0 fully saturated rings. The molecule has 1 heterocycles. The number of carbonyl (C=O) groups excluding carboxylic acids is 1. The Bertz CT molecular complexity index is 564. The summed E-state index contributed by atoms with van der Waals surface area (Å²) in [5.41, 5.74) is 7.37. The minimum Gasteiger partial charge on any atom is -0.441 e. The van der Waals surface area contributed by atoms with Gasteiger partial charge in [0, 0.05) is 24.4 Å². The first-order valence-electron chi connectivity index (χ1n) is 5.54. The molecule has 2 aromatic rings. The monoisotopic (exact) mass is 232 g/mol. The molecule has 17 heavy (non-hydrogen) atoms. The molecule has 1 aromatic heterocycles. The van der Waals surface area contributed by atoms with Gasteiger partial charge in [0.25, 0.3) is 0 Å². The molecule has 4 nitrogen and oxygen atoms in total. The molecule has 1 aromatic carbocycles. The fraction of sp³-hybridized carbons (Fsp3) is 0.385. The summed E-state index contributed by atoms with van der Waals surface area (Å²) in [6, 6.07) is 5.28. The molecule has 0 unspecified atom stereocenters. The smallest absolute Gasteiger partial charge is 0.192 e. The lowest BCUT2D eigenvalue weighted by atomic mass is 9.95. The lowest BCUT2D eigenvalue weighted by molar-refractivity contribution is 0.0960. The van der Waals surface area contributed by atoms with Crippen molar-refractivity contribution >= 4 is 16.9 Å². The van der Waals surface area contributed by atoms with E-state index in [4.69, 9.17) is 10.2 Å². The number of aromatic nitrogens is 1. The highest BCUT2D eigenvalue weighted by atomic mass is 16.3. The molecule has 0 saturated heterocycles. The number of hydrogen-bond donors (Lipinski definition) is 1. The third-order valence-corrected chi connectivity index (χ3v) is 2.43. The van der Waals surface area contributed by atoms with Gasteiger partial charge in [-0.25, -0.2) is 4.98 Å². The summed E-state index contributed by atoms with van der Waals surface area (Å²) in [6.45, 7) is 5.45. The van der Waals surface area contributed by atoms with Crippen molar-refractivity contribution in [2.45, 2.75) is 32.7 Å². The standard InChI is InChI=1S/C13H16N2O2/c1-8-15-10-5-4-9(6-12(10)17-8)11(16)7-13(2,3)14/h4-6H,7,14H2,1-3H3. The zero-order valence-electron chi connectivity index (χ0n) is 10.3. The first-order chi connectivity index (χ1) is 7.85.